The predicted molar refractivity (Wildman–Crippen MR) is 68.4 cm³/mol. The van der Waals surface area contributed by atoms with Gasteiger partial charge >= 0.3 is 7.12 Å². The van der Waals surface area contributed by atoms with Gasteiger partial charge in [0.15, 0.2) is 5.78 Å². The van der Waals surface area contributed by atoms with Gasteiger partial charge in [-0.25, -0.2) is 0 Å². The van der Waals surface area contributed by atoms with Crippen molar-refractivity contribution in [3.05, 3.63) is 29.8 Å². The fourth-order valence-corrected chi connectivity index (χ4v) is 1.61. The van der Waals surface area contributed by atoms with Gasteiger partial charge in [0.25, 0.3) is 0 Å². The molecule has 0 saturated heterocycles. The van der Waals surface area contributed by atoms with Gasteiger partial charge in [-0.05, 0) is 18.6 Å². The number of carbonyl (C=O) groups is 1. The zero-order valence-electron chi connectivity index (χ0n) is 10.3. The van der Waals surface area contributed by atoms with Crippen molar-refractivity contribution in [2.45, 2.75) is 13.8 Å². The highest BCUT2D eigenvalue weighted by Crippen LogP contribution is 2.01. The van der Waals surface area contributed by atoms with Crippen molar-refractivity contribution in [1.29, 1.82) is 0 Å². The third kappa shape index (κ3) is 3.96. The molecule has 92 valence electrons. The maximum atomic E-state index is 11.9. The Balaban J connectivity index is 2.78. The molecule has 0 saturated carbocycles. The molecule has 0 aliphatic heterocycles. The molecule has 4 nitrogen and oxygen atoms in total. The molecular weight excluding hydrogens is 217 g/mol. The summed E-state index contributed by atoms with van der Waals surface area (Å²) in [5.41, 5.74) is 0.859. The van der Waals surface area contributed by atoms with Gasteiger partial charge in [-0.3, -0.25) is 9.69 Å². The Morgan fingerprint density at radius 1 is 1.29 bits per heavy atom. The van der Waals surface area contributed by atoms with Gasteiger partial charge in [-0.2, -0.15) is 0 Å². The highest BCUT2D eigenvalue weighted by Gasteiger charge is 2.14. The summed E-state index contributed by atoms with van der Waals surface area (Å²) in [4.78, 5) is 14.0. The van der Waals surface area contributed by atoms with Crippen LogP contribution in [-0.4, -0.2) is 47.5 Å². The van der Waals surface area contributed by atoms with Gasteiger partial charge in [0.2, 0.25) is 0 Å². The number of ketones is 1. The van der Waals surface area contributed by atoms with E-state index in [0.29, 0.717) is 17.6 Å². The van der Waals surface area contributed by atoms with Crippen molar-refractivity contribution in [2.24, 2.45) is 0 Å². The van der Waals surface area contributed by atoms with E-state index in [-0.39, 0.29) is 5.78 Å². The molecule has 0 fully saturated rings. The lowest BCUT2D eigenvalue weighted by molar-refractivity contribution is 0.0937. The Morgan fingerprint density at radius 3 is 2.47 bits per heavy atom. The molecular formula is C12H18BNO3. The molecule has 0 aliphatic carbocycles. The van der Waals surface area contributed by atoms with Gasteiger partial charge in [0, 0.05) is 5.56 Å². The van der Waals surface area contributed by atoms with Crippen molar-refractivity contribution in [2.75, 3.05) is 19.6 Å². The maximum Gasteiger partial charge on any atom is 0.488 e. The van der Waals surface area contributed by atoms with Gasteiger partial charge < -0.3 is 10.0 Å². The van der Waals surface area contributed by atoms with E-state index in [0.717, 1.165) is 13.1 Å². The molecule has 0 spiro atoms. The Hall–Kier alpha value is -1.17. The Labute approximate surface area is 102 Å². The van der Waals surface area contributed by atoms with Gasteiger partial charge in [-0.1, -0.05) is 38.1 Å². The molecule has 0 atom stereocenters. The maximum absolute atomic E-state index is 11.9. The third-order valence-corrected chi connectivity index (χ3v) is 2.77. The van der Waals surface area contributed by atoms with Crippen LogP contribution in [0.5, 0.6) is 0 Å². The minimum absolute atomic E-state index is 0.00352. The first-order chi connectivity index (χ1) is 8.08. The second-order valence-corrected chi connectivity index (χ2v) is 3.88. The summed E-state index contributed by atoms with van der Waals surface area (Å²) >= 11 is 0. The van der Waals surface area contributed by atoms with Crippen molar-refractivity contribution in [3.63, 3.8) is 0 Å². The first-order valence-corrected chi connectivity index (χ1v) is 5.80. The van der Waals surface area contributed by atoms with E-state index in [4.69, 9.17) is 10.0 Å². The SMILES string of the molecule is CCN(CC)CC(=O)c1cccc(B(O)O)c1. The van der Waals surface area contributed by atoms with Crippen molar-refractivity contribution < 1.29 is 14.8 Å². The zero-order chi connectivity index (χ0) is 12.8. The average molecular weight is 235 g/mol. The highest BCUT2D eigenvalue weighted by atomic mass is 16.4. The lowest BCUT2D eigenvalue weighted by Gasteiger charge is -2.16. The Kier molecular flexibility index (Phi) is 5.35. The molecule has 0 amide bonds. The molecule has 0 unspecified atom stereocenters. The van der Waals surface area contributed by atoms with Crippen LogP contribution in [0.15, 0.2) is 24.3 Å². The van der Waals surface area contributed by atoms with Crippen LogP contribution in [0.1, 0.15) is 24.2 Å². The summed E-state index contributed by atoms with van der Waals surface area (Å²) < 4.78 is 0. The molecule has 0 heterocycles. The van der Waals surface area contributed by atoms with E-state index in [1.807, 2.05) is 18.7 Å². The summed E-state index contributed by atoms with van der Waals surface area (Å²) in [7, 11) is -1.53. The topological polar surface area (TPSA) is 60.8 Å². The molecule has 1 aromatic carbocycles. The first kappa shape index (κ1) is 13.9. The third-order valence-electron chi connectivity index (χ3n) is 2.77. The Morgan fingerprint density at radius 2 is 1.94 bits per heavy atom. The number of rotatable bonds is 6. The summed E-state index contributed by atoms with van der Waals surface area (Å²) in [6, 6.07) is 6.46. The molecule has 1 rings (SSSR count). The number of hydrogen-bond acceptors (Lipinski definition) is 4. The van der Waals surface area contributed by atoms with E-state index < -0.39 is 7.12 Å². The molecule has 0 radical (unpaired) electrons. The predicted octanol–water partition coefficient (Wildman–Crippen LogP) is -0.109. The summed E-state index contributed by atoms with van der Waals surface area (Å²) in [5.74, 6) is -0.00352. The van der Waals surface area contributed by atoms with Crippen LogP contribution in [0.3, 0.4) is 0 Å². The van der Waals surface area contributed by atoms with Crippen LogP contribution in [0, 0.1) is 0 Å². The lowest BCUT2D eigenvalue weighted by atomic mass is 9.79. The number of Topliss-reactive ketones (excluding diaryl/α,β-unsaturated/α-hetero) is 1. The number of hydrogen-bond donors (Lipinski definition) is 2. The van der Waals surface area contributed by atoms with Crippen LogP contribution in [0.2, 0.25) is 0 Å². The largest absolute Gasteiger partial charge is 0.488 e. The molecule has 0 bridgehead atoms. The first-order valence-electron chi connectivity index (χ1n) is 5.80. The van der Waals surface area contributed by atoms with Crippen molar-refractivity contribution in [1.82, 2.24) is 4.90 Å². The highest BCUT2D eigenvalue weighted by molar-refractivity contribution is 6.58. The van der Waals surface area contributed by atoms with Crippen LogP contribution < -0.4 is 5.46 Å². The number of carbonyl (C=O) groups excluding carboxylic acids is 1. The van der Waals surface area contributed by atoms with Gasteiger partial charge in [0.1, 0.15) is 0 Å². The standard InChI is InChI=1S/C12H18BNO3/c1-3-14(4-2)9-12(15)10-6-5-7-11(8-10)13(16)17/h5-8,16-17H,3-4,9H2,1-2H3. The van der Waals surface area contributed by atoms with E-state index in [1.165, 1.54) is 6.07 Å². The monoisotopic (exact) mass is 235 g/mol. The smallest absolute Gasteiger partial charge is 0.423 e. The molecule has 2 N–H and O–H groups in total. The lowest BCUT2D eigenvalue weighted by Crippen LogP contribution is -2.32. The normalized spacial score (nSPS) is 10.6. The number of benzene rings is 1. The minimum atomic E-state index is -1.53. The quantitative estimate of drug-likeness (QED) is 0.533. The molecule has 1 aromatic rings. The van der Waals surface area contributed by atoms with Crippen molar-refractivity contribution >= 4 is 18.4 Å². The summed E-state index contributed by atoms with van der Waals surface area (Å²) in [5, 5.41) is 18.1. The summed E-state index contributed by atoms with van der Waals surface area (Å²) in [6.45, 7) is 6.02. The number of nitrogens with zero attached hydrogens (tertiary/aromatic N) is 1. The second-order valence-electron chi connectivity index (χ2n) is 3.88. The summed E-state index contributed by atoms with van der Waals surface area (Å²) in [6.07, 6.45) is 0. The fraction of sp³-hybridized carbons (Fsp3) is 0.417. The molecule has 0 aliphatic rings. The van der Waals surface area contributed by atoms with E-state index in [2.05, 4.69) is 0 Å². The minimum Gasteiger partial charge on any atom is -0.423 e. The number of likely N-dealkylation sites (N-methyl/N-ethyl adjacent to an activating group) is 1. The van der Waals surface area contributed by atoms with Crippen LogP contribution >= 0.6 is 0 Å². The van der Waals surface area contributed by atoms with E-state index in [9.17, 15) is 4.79 Å². The Bertz CT molecular complexity index is 378. The van der Waals surface area contributed by atoms with Crippen LogP contribution in [0.4, 0.5) is 0 Å². The van der Waals surface area contributed by atoms with Crippen molar-refractivity contribution in [3.8, 4) is 0 Å². The fourth-order valence-electron chi connectivity index (χ4n) is 1.61. The van der Waals surface area contributed by atoms with Gasteiger partial charge in [0.05, 0.1) is 6.54 Å². The van der Waals surface area contributed by atoms with E-state index in [1.54, 1.807) is 18.2 Å². The van der Waals surface area contributed by atoms with Crippen LogP contribution in [0.25, 0.3) is 0 Å². The molecule has 5 heteroatoms. The average Bonchev–Trinajstić information content (AvgIpc) is 2.35. The molecule has 0 aromatic heterocycles. The van der Waals surface area contributed by atoms with E-state index >= 15 is 0 Å². The second kappa shape index (κ2) is 6.54. The van der Waals surface area contributed by atoms with Gasteiger partial charge in [-0.15, -0.1) is 0 Å². The molecule has 17 heavy (non-hydrogen) atoms. The zero-order valence-corrected chi connectivity index (χ0v) is 10.3. The van der Waals surface area contributed by atoms with Crippen LogP contribution in [-0.2, 0) is 0 Å².